The molecule has 0 aliphatic rings. The van der Waals surface area contributed by atoms with E-state index in [1.807, 2.05) is 6.92 Å². The van der Waals surface area contributed by atoms with Crippen LogP contribution in [0.5, 0.6) is 0 Å². The fraction of sp³-hybridized carbons (Fsp3) is 0.214. The van der Waals surface area contributed by atoms with Crippen LogP contribution in [0.15, 0.2) is 42.5 Å². The molecule has 1 N–H and O–H groups in total. The Bertz CT molecular complexity index is 565. The number of anilines is 1. The average Bonchev–Trinajstić information content (AvgIpc) is 2.39. The van der Waals surface area contributed by atoms with E-state index in [0.717, 1.165) is 12.1 Å². The maximum absolute atomic E-state index is 12.7. The molecule has 0 radical (unpaired) electrons. The van der Waals surface area contributed by atoms with Crippen LogP contribution in [0.1, 0.15) is 12.5 Å². The number of nitrogens with zero attached hydrogens (tertiary/aromatic N) is 1. The van der Waals surface area contributed by atoms with Crippen molar-refractivity contribution < 1.29 is 13.2 Å². The fourth-order valence-electron chi connectivity index (χ4n) is 1.73. The molecule has 2 aromatic rings. The minimum absolute atomic E-state index is 0.453. The summed E-state index contributed by atoms with van der Waals surface area (Å²) in [7, 11) is 0. The molecule has 1 heterocycles. The number of benzene rings is 1. The second-order valence-corrected chi connectivity index (χ2v) is 4.02. The van der Waals surface area contributed by atoms with Crippen molar-refractivity contribution in [3.05, 3.63) is 48.0 Å². The zero-order chi connectivity index (χ0) is 13.9. The molecule has 0 atom stereocenters. The van der Waals surface area contributed by atoms with Crippen LogP contribution in [0.3, 0.4) is 0 Å². The van der Waals surface area contributed by atoms with Gasteiger partial charge in [-0.15, -0.1) is 0 Å². The quantitative estimate of drug-likeness (QED) is 0.900. The molecule has 2 nitrogen and oxygen atoms in total. The highest BCUT2D eigenvalue weighted by Gasteiger charge is 2.30. The van der Waals surface area contributed by atoms with Crippen LogP contribution < -0.4 is 5.32 Å². The van der Waals surface area contributed by atoms with Crippen molar-refractivity contribution in [2.75, 3.05) is 11.9 Å². The molecule has 0 unspecified atom stereocenters. The smallest absolute Gasteiger partial charge is 0.370 e. The maximum Gasteiger partial charge on any atom is 0.416 e. The van der Waals surface area contributed by atoms with Crippen LogP contribution in [0.2, 0.25) is 0 Å². The highest BCUT2D eigenvalue weighted by atomic mass is 19.4. The highest BCUT2D eigenvalue weighted by Crippen LogP contribution is 2.31. The van der Waals surface area contributed by atoms with Crippen LogP contribution >= 0.6 is 0 Å². The van der Waals surface area contributed by atoms with Gasteiger partial charge in [0.05, 0.1) is 11.3 Å². The predicted molar refractivity (Wildman–Crippen MR) is 68.8 cm³/mol. The van der Waals surface area contributed by atoms with Gasteiger partial charge in [-0.3, -0.25) is 0 Å². The van der Waals surface area contributed by atoms with Crippen LogP contribution in [0.4, 0.5) is 19.0 Å². The van der Waals surface area contributed by atoms with E-state index >= 15 is 0 Å². The van der Waals surface area contributed by atoms with Crippen molar-refractivity contribution in [2.45, 2.75) is 13.1 Å². The third-order valence-corrected chi connectivity index (χ3v) is 2.59. The van der Waals surface area contributed by atoms with Crippen molar-refractivity contribution in [3.63, 3.8) is 0 Å². The molecule has 0 fully saturated rings. The van der Waals surface area contributed by atoms with Gasteiger partial charge in [-0.05, 0) is 31.2 Å². The maximum atomic E-state index is 12.7. The first-order valence-electron chi connectivity index (χ1n) is 5.89. The predicted octanol–water partition coefficient (Wildman–Crippen LogP) is 4.20. The molecule has 0 aliphatic carbocycles. The molecular formula is C14H13F3N2. The molecule has 2 rings (SSSR count). The Balaban J connectivity index is 2.39. The lowest BCUT2D eigenvalue weighted by Crippen LogP contribution is -2.05. The second-order valence-electron chi connectivity index (χ2n) is 4.02. The Morgan fingerprint density at radius 1 is 1.11 bits per heavy atom. The Kier molecular flexibility index (Phi) is 3.74. The fourth-order valence-corrected chi connectivity index (χ4v) is 1.73. The van der Waals surface area contributed by atoms with Crippen LogP contribution in [-0.2, 0) is 6.18 Å². The Hall–Kier alpha value is -2.04. The molecule has 19 heavy (non-hydrogen) atoms. The summed E-state index contributed by atoms with van der Waals surface area (Å²) in [4.78, 5) is 4.28. The summed E-state index contributed by atoms with van der Waals surface area (Å²) < 4.78 is 38.0. The van der Waals surface area contributed by atoms with Crippen LogP contribution in [0.25, 0.3) is 11.3 Å². The van der Waals surface area contributed by atoms with Gasteiger partial charge in [-0.25, -0.2) is 4.98 Å². The van der Waals surface area contributed by atoms with E-state index in [1.165, 1.54) is 6.07 Å². The molecule has 0 saturated heterocycles. The van der Waals surface area contributed by atoms with E-state index in [2.05, 4.69) is 10.3 Å². The third-order valence-electron chi connectivity index (χ3n) is 2.59. The molecular weight excluding hydrogens is 253 g/mol. The lowest BCUT2D eigenvalue weighted by molar-refractivity contribution is -0.137. The van der Waals surface area contributed by atoms with Gasteiger partial charge in [0.1, 0.15) is 5.82 Å². The SMILES string of the molecule is CCNc1cccc(-c2cccc(C(F)(F)F)c2)n1. The standard InChI is InChI=1S/C14H13F3N2/c1-2-18-13-8-4-7-12(19-13)10-5-3-6-11(9-10)14(15,16)17/h3-9H,2H2,1H3,(H,18,19). The summed E-state index contributed by atoms with van der Waals surface area (Å²) in [5.74, 6) is 0.650. The van der Waals surface area contributed by atoms with E-state index in [4.69, 9.17) is 0 Å². The number of nitrogens with one attached hydrogen (secondary N) is 1. The molecule has 0 bridgehead atoms. The molecule has 0 spiro atoms. The topological polar surface area (TPSA) is 24.9 Å². The highest BCUT2D eigenvalue weighted by molar-refractivity contribution is 5.62. The average molecular weight is 266 g/mol. The number of pyridine rings is 1. The summed E-state index contributed by atoms with van der Waals surface area (Å²) in [6.45, 7) is 2.64. The van der Waals surface area contributed by atoms with Gasteiger partial charge in [-0.1, -0.05) is 18.2 Å². The normalized spacial score (nSPS) is 11.4. The van der Waals surface area contributed by atoms with Gasteiger partial charge < -0.3 is 5.32 Å². The van der Waals surface area contributed by atoms with Gasteiger partial charge in [-0.2, -0.15) is 13.2 Å². The minimum atomic E-state index is -4.34. The summed E-state index contributed by atoms with van der Waals surface area (Å²) >= 11 is 0. The summed E-state index contributed by atoms with van der Waals surface area (Å²) in [5.41, 5.74) is 0.305. The monoisotopic (exact) mass is 266 g/mol. The molecule has 1 aromatic carbocycles. The zero-order valence-electron chi connectivity index (χ0n) is 10.3. The first-order valence-corrected chi connectivity index (χ1v) is 5.89. The number of halogens is 3. The van der Waals surface area contributed by atoms with E-state index < -0.39 is 11.7 Å². The molecule has 100 valence electrons. The third kappa shape index (κ3) is 3.24. The number of aromatic nitrogens is 1. The lowest BCUT2D eigenvalue weighted by Gasteiger charge is -2.09. The van der Waals surface area contributed by atoms with Gasteiger partial charge in [0, 0.05) is 12.1 Å². The first kappa shape index (κ1) is 13.4. The van der Waals surface area contributed by atoms with Crippen LogP contribution in [-0.4, -0.2) is 11.5 Å². The molecule has 0 amide bonds. The number of alkyl halides is 3. The van der Waals surface area contributed by atoms with E-state index in [0.29, 0.717) is 23.6 Å². The second kappa shape index (κ2) is 5.30. The summed E-state index contributed by atoms with van der Waals surface area (Å²) in [6.07, 6.45) is -4.34. The molecule has 0 saturated carbocycles. The van der Waals surface area contributed by atoms with Crippen molar-refractivity contribution in [2.24, 2.45) is 0 Å². The Labute approximate surface area is 109 Å². The molecule has 1 aromatic heterocycles. The number of hydrogen-bond donors (Lipinski definition) is 1. The van der Waals surface area contributed by atoms with Crippen molar-refractivity contribution in [1.29, 1.82) is 0 Å². The lowest BCUT2D eigenvalue weighted by atomic mass is 10.1. The zero-order valence-corrected chi connectivity index (χ0v) is 10.3. The summed E-state index contributed by atoms with van der Waals surface area (Å²) in [6, 6.07) is 10.4. The van der Waals surface area contributed by atoms with Crippen molar-refractivity contribution in [1.82, 2.24) is 4.98 Å². The largest absolute Gasteiger partial charge is 0.416 e. The summed E-state index contributed by atoms with van der Waals surface area (Å²) in [5, 5.41) is 3.03. The van der Waals surface area contributed by atoms with E-state index in [1.54, 1.807) is 24.3 Å². The van der Waals surface area contributed by atoms with Gasteiger partial charge in [0.15, 0.2) is 0 Å². The molecule has 5 heteroatoms. The van der Waals surface area contributed by atoms with E-state index in [9.17, 15) is 13.2 Å². The Morgan fingerprint density at radius 2 is 1.84 bits per heavy atom. The molecule has 0 aliphatic heterocycles. The van der Waals surface area contributed by atoms with Crippen molar-refractivity contribution >= 4 is 5.82 Å². The Morgan fingerprint density at radius 3 is 2.53 bits per heavy atom. The number of hydrogen-bond acceptors (Lipinski definition) is 2. The van der Waals surface area contributed by atoms with E-state index in [-0.39, 0.29) is 0 Å². The first-order chi connectivity index (χ1) is 9.00. The van der Waals surface area contributed by atoms with Gasteiger partial charge in [0.25, 0.3) is 0 Å². The van der Waals surface area contributed by atoms with Crippen molar-refractivity contribution in [3.8, 4) is 11.3 Å². The minimum Gasteiger partial charge on any atom is -0.370 e. The van der Waals surface area contributed by atoms with Crippen LogP contribution in [0, 0.1) is 0 Å². The van der Waals surface area contributed by atoms with Gasteiger partial charge in [0.2, 0.25) is 0 Å². The number of rotatable bonds is 3. The van der Waals surface area contributed by atoms with Gasteiger partial charge >= 0.3 is 6.18 Å².